The molecular weight excluding hydrogens is 548 g/mol. The first-order chi connectivity index (χ1) is 19.9. The van der Waals surface area contributed by atoms with Crippen LogP contribution in [-0.2, 0) is 16.0 Å². The summed E-state index contributed by atoms with van der Waals surface area (Å²) in [6, 6.07) is 8.79. The van der Waals surface area contributed by atoms with Crippen molar-refractivity contribution in [2.75, 3.05) is 38.1 Å². The van der Waals surface area contributed by atoms with Gasteiger partial charge in [-0.05, 0) is 45.2 Å². The molecular formula is C29H35F2N7O4. The number of ether oxygens (including phenoxy) is 2. The molecule has 2 amide bonds. The summed E-state index contributed by atoms with van der Waals surface area (Å²) in [5.41, 5.74) is 8.06. The van der Waals surface area contributed by atoms with E-state index in [1.807, 2.05) is 45.0 Å². The Morgan fingerprint density at radius 2 is 1.93 bits per heavy atom. The monoisotopic (exact) mass is 583 g/mol. The Kier molecular flexibility index (Phi) is 8.24. The Balaban J connectivity index is 1.39. The molecule has 0 saturated carbocycles. The molecule has 3 aromatic rings. The maximum atomic E-state index is 13.6. The third-order valence-electron chi connectivity index (χ3n) is 7.05. The number of hydrogen-bond donors (Lipinski definition) is 2. The predicted octanol–water partition coefficient (Wildman–Crippen LogP) is 4.03. The molecule has 2 fully saturated rings. The molecule has 5 rings (SSSR count). The number of anilines is 1. The van der Waals surface area contributed by atoms with Crippen molar-refractivity contribution >= 4 is 28.9 Å². The van der Waals surface area contributed by atoms with Crippen molar-refractivity contribution in [3.05, 3.63) is 47.8 Å². The van der Waals surface area contributed by atoms with Crippen molar-refractivity contribution in [1.29, 1.82) is 0 Å². The number of primary amides is 1. The van der Waals surface area contributed by atoms with Gasteiger partial charge >= 0.3 is 12.2 Å². The van der Waals surface area contributed by atoms with Crippen LogP contribution in [-0.4, -0.2) is 87.3 Å². The number of aromatic nitrogens is 3. The van der Waals surface area contributed by atoms with Gasteiger partial charge in [-0.1, -0.05) is 24.3 Å². The predicted molar refractivity (Wildman–Crippen MR) is 152 cm³/mol. The van der Waals surface area contributed by atoms with Crippen LogP contribution in [0.15, 0.2) is 36.7 Å². The number of nitrogens with two attached hydrogens (primary N) is 1. The average molecular weight is 584 g/mol. The minimum absolute atomic E-state index is 0.0275. The second-order valence-corrected chi connectivity index (χ2v) is 11.6. The van der Waals surface area contributed by atoms with Crippen LogP contribution >= 0.6 is 0 Å². The lowest BCUT2D eigenvalue weighted by molar-refractivity contribution is -0.271. The number of piperidine rings is 1. The minimum Gasteiger partial charge on any atom is -0.444 e. The zero-order valence-electron chi connectivity index (χ0n) is 23.9. The molecule has 2 aliphatic rings. The van der Waals surface area contributed by atoms with Crippen LogP contribution in [0.4, 0.5) is 19.4 Å². The summed E-state index contributed by atoms with van der Waals surface area (Å²) >= 11 is 0. The van der Waals surface area contributed by atoms with Crippen molar-refractivity contribution in [2.24, 2.45) is 5.73 Å². The van der Waals surface area contributed by atoms with E-state index in [0.29, 0.717) is 54.3 Å². The van der Waals surface area contributed by atoms with Gasteiger partial charge in [0.05, 0.1) is 24.4 Å². The summed E-state index contributed by atoms with van der Waals surface area (Å²) in [4.78, 5) is 41.9. The lowest BCUT2D eigenvalue weighted by Crippen LogP contribution is -2.47. The summed E-state index contributed by atoms with van der Waals surface area (Å²) in [5, 5.41) is 3.39. The lowest BCUT2D eigenvalue weighted by Gasteiger charge is -2.34. The zero-order valence-corrected chi connectivity index (χ0v) is 23.9. The van der Waals surface area contributed by atoms with Crippen LogP contribution < -0.4 is 11.1 Å². The Morgan fingerprint density at radius 1 is 1.17 bits per heavy atom. The number of morpholine rings is 1. The van der Waals surface area contributed by atoms with Crippen molar-refractivity contribution in [1.82, 2.24) is 24.8 Å². The van der Waals surface area contributed by atoms with E-state index in [1.54, 1.807) is 15.9 Å². The quantitative estimate of drug-likeness (QED) is 0.441. The summed E-state index contributed by atoms with van der Waals surface area (Å²) in [5.74, 6) is -0.239. The normalized spacial score (nSPS) is 19.5. The second-order valence-electron chi connectivity index (χ2n) is 11.6. The van der Waals surface area contributed by atoms with Crippen molar-refractivity contribution < 1.29 is 27.8 Å². The number of benzene rings is 1. The average Bonchev–Trinajstić information content (AvgIpc) is 2.92. The highest BCUT2D eigenvalue weighted by molar-refractivity contribution is 6.06. The van der Waals surface area contributed by atoms with Gasteiger partial charge < -0.3 is 25.4 Å². The molecule has 3 N–H and O–H groups in total. The van der Waals surface area contributed by atoms with Crippen molar-refractivity contribution in [3.63, 3.8) is 0 Å². The first-order valence-corrected chi connectivity index (χ1v) is 13.9. The van der Waals surface area contributed by atoms with E-state index in [2.05, 4.69) is 20.0 Å². The standard InChI is InChI=1S/C29H35F2N7O4/c1-28(2,3)42-27(40)38-10-4-5-20(15-38)35-26-24-23(33-17-34-26)21(25(32)39)13-22(36-24)19-8-6-18(7-9-19)14-37-11-12-41-29(30,31)16-37/h6-9,13,17,20H,4-5,10-12,14-16H2,1-3H3,(H2,32,39)(H,33,34,35)/t20-/m0/s1. The largest absolute Gasteiger partial charge is 0.444 e. The molecule has 0 spiro atoms. The Bertz CT molecular complexity index is 1460. The molecule has 1 atom stereocenters. The van der Waals surface area contributed by atoms with Gasteiger partial charge in [-0.25, -0.2) is 19.7 Å². The lowest BCUT2D eigenvalue weighted by atomic mass is 10.0. The summed E-state index contributed by atoms with van der Waals surface area (Å²) < 4.78 is 37.3. The van der Waals surface area contributed by atoms with Crippen molar-refractivity contribution in [2.45, 2.75) is 57.9 Å². The van der Waals surface area contributed by atoms with Gasteiger partial charge in [0.25, 0.3) is 5.91 Å². The van der Waals surface area contributed by atoms with Crippen LogP contribution in [0.25, 0.3) is 22.3 Å². The fraction of sp³-hybridized carbons (Fsp3) is 0.483. The number of rotatable bonds is 6. The summed E-state index contributed by atoms with van der Waals surface area (Å²) in [6.45, 7) is 6.77. The van der Waals surface area contributed by atoms with Gasteiger partial charge in [0.1, 0.15) is 23.0 Å². The van der Waals surface area contributed by atoms with E-state index in [4.69, 9.17) is 15.5 Å². The summed E-state index contributed by atoms with van der Waals surface area (Å²) in [6.07, 6.45) is -0.610. The van der Waals surface area contributed by atoms with Gasteiger partial charge in [-0.2, -0.15) is 8.78 Å². The highest BCUT2D eigenvalue weighted by Gasteiger charge is 2.36. The topological polar surface area (TPSA) is 136 Å². The SMILES string of the molecule is CC(C)(C)OC(=O)N1CCC[C@H](Nc2ncnc3c(C(N)=O)cc(-c4ccc(CN5CCOC(F)(F)C5)cc4)nc23)C1. The van der Waals surface area contributed by atoms with Gasteiger partial charge in [0, 0.05) is 37.8 Å². The van der Waals surface area contributed by atoms with Gasteiger partial charge in [0.15, 0.2) is 5.82 Å². The molecule has 11 nitrogen and oxygen atoms in total. The fourth-order valence-corrected chi connectivity index (χ4v) is 5.14. The van der Waals surface area contributed by atoms with Gasteiger partial charge in [0.2, 0.25) is 0 Å². The molecule has 2 aromatic heterocycles. The highest BCUT2D eigenvalue weighted by Crippen LogP contribution is 2.29. The van der Waals surface area contributed by atoms with Gasteiger partial charge in [-0.3, -0.25) is 9.69 Å². The number of carbonyl (C=O) groups is 2. The number of alkyl halides is 2. The number of carbonyl (C=O) groups excluding carboxylic acids is 2. The number of nitrogens with one attached hydrogen (secondary N) is 1. The van der Waals surface area contributed by atoms with Crippen LogP contribution in [0.1, 0.15) is 49.5 Å². The number of likely N-dealkylation sites (tertiary alicyclic amines) is 1. The Labute approximate surface area is 242 Å². The third-order valence-corrected chi connectivity index (χ3v) is 7.05. The van der Waals surface area contributed by atoms with Crippen LogP contribution in [0.2, 0.25) is 0 Å². The molecule has 2 saturated heterocycles. The molecule has 0 aliphatic carbocycles. The minimum atomic E-state index is -3.15. The van der Waals surface area contributed by atoms with Gasteiger partial charge in [-0.15, -0.1) is 0 Å². The number of amides is 2. The van der Waals surface area contributed by atoms with E-state index in [-0.39, 0.29) is 24.3 Å². The molecule has 1 aromatic carbocycles. The first-order valence-electron chi connectivity index (χ1n) is 13.9. The molecule has 224 valence electrons. The van der Waals surface area contributed by atoms with E-state index >= 15 is 0 Å². The number of halogens is 2. The van der Waals surface area contributed by atoms with E-state index in [9.17, 15) is 18.4 Å². The van der Waals surface area contributed by atoms with Crippen LogP contribution in [0.5, 0.6) is 0 Å². The molecule has 0 radical (unpaired) electrons. The maximum absolute atomic E-state index is 13.6. The zero-order chi connectivity index (χ0) is 30.1. The van der Waals surface area contributed by atoms with E-state index in [0.717, 1.165) is 18.4 Å². The number of hydrogen-bond acceptors (Lipinski definition) is 9. The fourth-order valence-electron chi connectivity index (χ4n) is 5.14. The Morgan fingerprint density at radius 3 is 2.62 bits per heavy atom. The number of pyridine rings is 1. The molecule has 4 heterocycles. The first kappa shape index (κ1) is 29.5. The smallest absolute Gasteiger partial charge is 0.410 e. The van der Waals surface area contributed by atoms with E-state index in [1.165, 1.54) is 6.33 Å². The maximum Gasteiger partial charge on any atom is 0.410 e. The van der Waals surface area contributed by atoms with Crippen LogP contribution in [0.3, 0.4) is 0 Å². The van der Waals surface area contributed by atoms with Crippen LogP contribution in [0, 0.1) is 0 Å². The van der Waals surface area contributed by atoms with Crippen molar-refractivity contribution in [3.8, 4) is 11.3 Å². The second kappa shape index (κ2) is 11.7. The van der Waals surface area contributed by atoms with E-state index < -0.39 is 24.2 Å². The summed E-state index contributed by atoms with van der Waals surface area (Å²) in [7, 11) is 0. The molecule has 0 unspecified atom stereocenters. The molecule has 2 aliphatic heterocycles. The molecule has 13 heteroatoms. The number of fused-ring (bicyclic) bond motifs is 1. The third kappa shape index (κ3) is 7.08. The molecule has 42 heavy (non-hydrogen) atoms. The molecule has 0 bridgehead atoms. The highest BCUT2D eigenvalue weighted by atomic mass is 19.3. The number of nitrogens with zero attached hydrogens (tertiary/aromatic N) is 5. The Hall–Kier alpha value is -3.97.